The maximum atomic E-state index is 10.1. The lowest BCUT2D eigenvalue weighted by Gasteiger charge is -2.26. The van der Waals surface area contributed by atoms with Crippen molar-refractivity contribution in [2.24, 2.45) is 5.92 Å². The zero-order valence-corrected chi connectivity index (χ0v) is 11.7. The van der Waals surface area contributed by atoms with Gasteiger partial charge in [0.1, 0.15) is 18.1 Å². The molecule has 0 amide bonds. The highest BCUT2D eigenvalue weighted by Gasteiger charge is 2.22. The highest BCUT2D eigenvalue weighted by Crippen LogP contribution is 2.27. The van der Waals surface area contributed by atoms with Gasteiger partial charge in [-0.2, -0.15) is 0 Å². The van der Waals surface area contributed by atoms with E-state index in [0.717, 1.165) is 24.3 Å². The highest BCUT2D eigenvalue weighted by molar-refractivity contribution is 5.31. The van der Waals surface area contributed by atoms with E-state index in [1.54, 1.807) is 0 Å². The minimum Gasteiger partial charge on any atom is -0.494 e. The molecule has 0 aliphatic heterocycles. The van der Waals surface area contributed by atoms with E-state index in [2.05, 4.69) is 0 Å². The van der Waals surface area contributed by atoms with Crippen molar-refractivity contribution >= 4 is 0 Å². The van der Waals surface area contributed by atoms with Crippen LogP contribution in [0.5, 0.6) is 11.5 Å². The third-order valence-electron chi connectivity index (χ3n) is 3.75. The van der Waals surface area contributed by atoms with Gasteiger partial charge >= 0.3 is 0 Å². The Hall–Kier alpha value is -1.22. The smallest absolute Gasteiger partial charge is 0.119 e. The molecule has 1 saturated carbocycles. The van der Waals surface area contributed by atoms with Crippen LogP contribution in [0, 0.1) is 5.92 Å². The predicted octanol–water partition coefficient (Wildman–Crippen LogP) is 3.41. The van der Waals surface area contributed by atoms with Crippen LogP contribution < -0.4 is 9.47 Å². The van der Waals surface area contributed by atoms with E-state index < -0.39 is 0 Å². The van der Waals surface area contributed by atoms with Gasteiger partial charge in [0.15, 0.2) is 0 Å². The topological polar surface area (TPSA) is 38.7 Å². The largest absolute Gasteiger partial charge is 0.494 e. The summed E-state index contributed by atoms with van der Waals surface area (Å²) in [6.07, 6.45) is 5.71. The molecule has 3 heteroatoms. The van der Waals surface area contributed by atoms with Gasteiger partial charge in [0.05, 0.1) is 12.7 Å². The number of ether oxygens (including phenoxy) is 2. The number of hydrogen-bond acceptors (Lipinski definition) is 3. The molecule has 3 nitrogen and oxygen atoms in total. The van der Waals surface area contributed by atoms with Crippen molar-refractivity contribution in [3.63, 3.8) is 0 Å². The van der Waals surface area contributed by atoms with Gasteiger partial charge in [-0.05, 0) is 49.9 Å². The highest BCUT2D eigenvalue weighted by atomic mass is 16.5. The van der Waals surface area contributed by atoms with Crippen LogP contribution in [-0.4, -0.2) is 24.4 Å². The van der Waals surface area contributed by atoms with Crippen molar-refractivity contribution in [1.82, 2.24) is 0 Å². The van der Waals surface area contributed by atoms with Crippen molar-refractivity contribution in [2.45, 2.75) is 45.1 Å². The molecule has 0 spiro atoms. The average molecular weight is 264 g/mol. The summed E-state index contributed by atoms with van der Waals surface area (Å²) < 4.78 is 11.0. The maximum Gasteiger partial charge on any atom is 0.119 e. The number of aliphatic hydroxyl groups excluding tert-OH is 1. The van der Waals surface area contributed by atoms with E-state index >= 15 is 0 Å². The molecular weight excluding hydrogens is 240 g/mol. The summed E-state index contributed by atoms with van der Waals surface area (Å²) in [6, 6.07) is 7.56. The first kappa shape index (κ1) is 14.2. The van der Waals surface area contributed by atoms with Gasteiger partial charge in [-0.1, -0.05) is 19.3 Å². The molecule has 106 valence electrons. The minimum absolute atomic E-state index is 0.341. The zero-order chi connectivity index (χ0) is 13.5. The molecule has 0 saturated heterocycles. The summed E-state index contributed by atoms with van der Waals surface area (Å²) >= 11 is 0. The summed E-state index contributed by atoms with van der Waals surface area (Å²) in [4.78, 5) is 0. The summed E-state index contributed by atoms with van der Waals surface area (Å²) in [5.41, 5.74) is 0. The fourth-order valence-corrected chi connectivity index (χ4v) is 2.64. The van der Waals surface area contributed by atoms with Gasteiger partial charge in [-0.3, -0.25) is 0 Å². The van der Waals surface area contributed by atoms with E-state index in [4.69, 9.17) is 9.47 Å². The molecular formula is C16H24O3. The van der Waals surface area contributed by atoms with Gasteiger partial charge < -0.3 is 14.6 Å². The summed E-state index contributed by atoms with van der Waals surface area (Å²) in [6.45, 7) is 3.02. The SMILES string of the molecule is CCOc1ccc(OCC(O)C2CCCCC2)cc1. The van der Waals surface area contributed by atoms with Crippen LogP contribution in [-0.2, 0) is 0 Å². The van der Waals surface area contributed by atoms with Crippen LogP contribution in [0.15, 0.2) is 24.3 Å². The van der Waals surface area contributed by atoms with Crippen molar-refractivity contribution in [3.8, 4) is 11.5 Å². The fourth-order valence-electron chi connectivity index (χ4n) is 2.64. The first-order valence-corrected chi connectivity index (χ1v) is 7.33. The first-order valence-electron chi connectivity index (χ1n) is 7.33. The van der Waals surface area contributed by atoms with Gasteiger partial charge in [0, 0.05) is 0 Å². The van der Waals surface area contributed by atoms with Crippen molar-refractivity contribution < 1.29 is 14.6 Å². The fraction of sp³-hybridized carbons (Fsp3) is 0.625. The first-order chi connectivity index (χ1) is 9.29. The molecule has 1 aromatic carbocycles. The van der Waals surface area contributed by atoms with Gasteiger partial charge in [0.25, 0.3) is 0 Å². The van der Waals surface area contributed by atoms with Crippen molar-refractivity contribution in [3.05, 3.63) is 24.3 Å². The molecule has 1 unspecified atom stereocenters. The molecule has 0 aromatic heterocycles. The standard InChI is InChI=1S/C16H24O3/c1-2-18-14-8-10-15(11-9-14)19-12-16(17)13-6-4-3-5-7-13/h8-11,13,16-17H,2-7,12H2,1H3. The van der Waals surface area contributed by atoms with E-state index in [0.29, 0.717) is 19.1 Å². The van der Waals surface area contributed by atoms with E-state index in [9.17, 15) is 5.11 Å². The minimum atomic E-state index is -0.341. The molecule has 2 rings (SSSR count). The lowest BCUT2D eigenvalue weighted by molar-refractivity contribution is 0.0413. The number of rotatable bonds is 6. The quantitative estimate of drug-likeness (QED) is 0.855. The van der Waals surface area contributed by atoms with Crippen molar-refractivity contribution in [2.75, 3.05) is 13.2 Å². The van der Waals surface area contributed by atoms with E-state index in [1.165, 1.54) is 19.3 Å². The van der Waals surface area contributed by atoms with Crippen LogP contribution in [0.25, 0.3) is 0 Å². The molecule has 1 atom stereocenters. The molecule has 1 fully saturated rings. The molecule has 0 radical (unpaired) electrons. The van der Waals surface area contributed by atoms with E-state index in [1.807, 2.05) is 31.2 Å². The average Bonchev–Trinajstić information content (AvgIpc) is 2.47. The Bertz CT molecular complexity index is 355. The van der Waals surface area contributed by atoms with E-state index in [-0.39, 0.29) is 6.10 Å². The Kier molecular flexibility index (Phi) is 5.52. The molecule has 0 bridgehead atoms. The number of hydrogen-bond donors (Lipinski definition) is 1. The maximum absolute atomic E-state index is 10.1. The summed E-state index contributed by atoms with van der Waals surface area (Å²) in [7, 11) is 0. The molecule has 1 aliphatic rings. The molecule has 19 heavy (non-hydrogen) atoms. The lowest BCUT2D eigenvalue weighted by atomic mass is 9.85. The third-order valence-corrected chi connectivity index (χ3v) is 3.75. The molecule has 1 aromatic rings. The lowest BCUT2D eigenvalue weighted by Crippen LogP contribution is -2.28. The van der Waals surface area contributed by atoms with Crippen LogP contribution in [0.4, 0.5) is 0 Å². The Morgan fingerprint density at radius 2 is 1.63 bits per heavy atom. The molecule has 0 heterocycles. The third kappa shape index (κ3) is 4.43. The van der Waals surface area contributed by atoms with Gasteiger partial charge in [-0.15, -0.1) is 0 Å². The Morgan fingerprint density at radius 1 is 1.05 bits per heavy atom. The van der Waals surface area contributed by atoms with Crippen LogP contribution >= 0.6 is 0 Å². The molecule has 1 N–H and O–H groups in total. The van der Waals surface area contributed by atoms with Crippen LogP contribution in [0.1, 0.15) is 39.0 Å². The summed E-state index contributed by atoms with van der Waals surface area (Å²) in [5.74, 6) is 2.05. The molecule has 1 aliphatic carbocycles. The normalized spacial score (nSPS) is 18.0. The summed E-state index contributed by atoms with van der Waals surface area (Å²) in [5, 5.41) is 10.1. The van der Waals surface area contributed by atoms with Crippen molar-refractivity contribution in [1.29, 1.82) is 0 Å². The second-order valence-electron chi connectivity index (χ2n) is 5.18. The second kappa shape index (κ2) is 7.39. The second-order valence-corrected chi connectivity index (χ2v) is 5.18. The van der Waals surface area contributed by atoms with Crippen LogP contribution in [0.2, 0.25) is 0 Å². The van der Waals surface area contributed by atoms with Crippen LogP contribution in [0.3, 0.4) is 0 Å². The predicted molar refractivity (Wildman–Crippen MR) is 75.7 cm³/mol. The Morgan fingerprint density at radius 3 is 2.21 bits per heavy atom. The van der Waals surface area contributed by atoms with Gasteiger partial charge in [-0.25, -0.2) is 0 Å². The zero-order valence-electron chi connectivity index (χ0n) is 11.7. The number of aliphatic hydroxyl groups is 1. The monoisotopic (exact) mass is 264 g/mol. The van der Waals surface area contributed by atoms with Gasteiger partial charge in [0.2, 0.25) is 0 Å². The Labute approximate surface area is 115 Å². The Balaban J connectivity index is 1.77. The number of benzene rings is 1.